The highest BCUT2D eigenvalue weighted by molar-refractivity contribution is 6.07. The van der Waals surface area contributed by atoms with E-state index in [0.717, 1.165) is 43.2 Å². The second-order valence-electron chi connectivity index (χ2n) is 7.05. The molecule has 0 unspecified atom stereocenters. The molecule has 2 nitrogen and oxygen atoms in total. The fraction of sp³-hybridized carbons (Fsp3) is 0.667. The van der Waals surface area contributed by atoms with Gasteiger partial charge in [0.05, 0.1) is 18.3 Å². The normalized spacial score (nSPS) is 15.1. The van der Waals surface area contributed by atoms with Gasteiger partial charge in [-0.2, -0.15) is 0 Å². The lowest BCUT2D eigenvalue weighted by atomic mass is 10.1. The molecule has 0 aromatic rings. The van der Waals surface area contributed by atoms with E-state index >= 15 is 0 Å². The fourth-order valence-corrected chi connectivity index (χ4v) is 2.97. The van der Waals surface area contributed by atoms with E-state index in [-0.39, 0.29) is 0 Å². The van der Waals surface area contributed by atoms with E-state index in [2.05, 4.69) is 26.2 Å². The van der Waals surface area contributed by atoms with Crippen LogP contribution >= 0.6 is 0 Å². The number of hydrogen-bond donors (Lipinski definition) is 0. The van der Waals surface area contributed by atoms with E-state index in [1.54, 1.807) is 0 Å². The Hall–Kier alpha value is -1.53. The summed E-state index contributed by atoms with van der Waals surface area (Å²) in [4.78, 5) is 0. The lowest BCUT2D eigenvalue weighted by Gasteiger charge is -2.07. The maximum Gasteiger partial charge on any atom is 0.358 e. The number of unbranched alkanes of at least 4 members (excludes halogenated alkanes) is 10. The van der Waals surface area contributed by atoms with Gasteiger partial charge in [-0.25, -0.2) is 0 Å². The molecular formula is C24H39O2+. The van der Waals surface area contributed by atoms with Crippen molar-refractivity contribution in [3.05, 3.63) is 41.9 Å². The van der Waals surface area contributed by atoms with Crippen molar-refractivity contribution in [3.8, 4) is 0 Å². The van der Waals surface area contributed by atoms with Crippen molar-refractivity contribution < 1.29 is 9.16 Å². The van der Waals surface area contributed by atoms with Crippen molar-refractivity contribution in [1.82, 2.24) is 0 Å². The Morgan fingerprint density at radius 3 is 2.19 bits per heavy atom. The Morgan fingerprint density at radius 1 is 0.923 bits per heavy atom. The second-order valence-corrected chi connectivity index (χ2v) is 7.05. The van der Waals surface area contributed by atoms with Gasteiger partial charge in [-0.1, -0.05) is 90.0 Å². The highest BCUT2D eigenvalue weighted by Crippen LogP contribution is 2.13. The van der Waals surface area contributed by atoms with Gasteiger partial charge in [-0.3, -0.25) is 4.42 Å². The first-order valence-electron chi connectivity index (χ1n) is 10.8. The smallest absolute Gasteiger partial charge is 0.358 e. The highest BCUT2D eigenvalue weighted by atomic mass is 16.5. The minimum absolute atomic E-state index is 0.761. The second kappa shape index (κ2) is 15.7. The van der Waals surface area contributed by atoms with E-state index in [1.165, 1.54) is 64.2 Å². The summed E-state index contributed by atoms with van der Waals surface area (Å²) >= 11 is 0. The molecule has 0 spiro atoms. The van der Waals surface area contributed by atoms with Crippen LogP contribution in [0.3, 0.4) is 0 Å². The van der Waals surface area contributed by atoms with Crippen LogP contribution in [-0.4, -0.2) is 19.0 Å². The van der Waals surface area contributed by atoms with E-state index in [1.807, 2.05) is 18.2 Å². The van der Waals surface area contributed by atoms with Gasteiger partial charge >= 0.3 is 5.78 Å². The van der Waals surface area contributed by atoms with Gasteiger partial charge in [0.2, 0.25) is 0 Å². The van der Waals surface area contributed by atoms with E-state index < -0.39 is 0 Å². The molecule has 2 heteroatoms. The molecule has 0 saturated carbocycles. The Bertz CT molecular complexity index is 504. The van der Waals surface area contributed by atoms with Gasteiger partial charge in [0, 0.05) is 12.5 Å². The number of hydrogen-bond acceptors (Lipinski definition) is 1. The monoisotopic (exact) mass is 359 g/mol. The number of carbonyl (C=O) groups excluding carboxylic acids is 1. The molecule has 1 aliphatic carbocycles. The third-order valence-corrected chi connectivity index (χ3v) is 4.65. The van der Waals surface area contributed by atoms with Crippen LogP contribution in [0.2, 0.25) is 0 Å². The molecule has 0 amide bonds. The Kier molecular flexibility index (Phi) is 13.6. The zero-order chi connectivity index (χ0) is 18.9. The summed E-state index contributed by atoms with van der Waals surface area (Å²) in [6, 6.07) is 0. The Balaban J connectivity index is 2.31. The molecule has 0 saturated heterocycles. The van der Waals surface area contributed by atoms with Gasteiger partial charge in [-0.15, -0.1) is 0 Å². The third kappa shape index (κ3) is 10.5. The first-order chi connectivity index (χ1) is 12.8. The van der Waals surface area contributed by atoms with Gasteiger partial charge in [0.25, 0.3) is 6.61 Å². The van der Waals surface area contributed by atoms with Crippen molar-refractivity contribution in [2.45, 2.75) is 90.9 Å². The first kappa shape index (κ1) is 22.5. The van der Waals surface area contributed by atoms with Gasteiger partial charge in [0.15, 0.2) is 5.76 Å². The van der Waals surface area contributed by atoms with Crippen LogP contribution in [0.4, 0.5) is 0 Å². The molecule has 26 heavy (non-hydrogen) atoms. The Morgan fingerprint density at radius 2 is 1.54 bits per heavy atom. The van der Waals surface area contributed by atoms with Gasteiger partial charge < -0.3 is 4.74 Å². The van der Waals surface area contributed by atoms with E-state index in [9.17, 15) is 0 Å². The molecule has 1 aliphatic rings. The summed E-state index contributed by atoms with van der Waals surface area (Å²) in [7, 11) is 0. The average Bonchev–Trinajstić information content (AvgIpc) is 2.67. The van der Waals surface area contributed by atoms with Gasteiger partial charge in [-0.05, 0) is 12.8 Å². The van der Waals surface area contributed by atoms with Crippen molar-refractivity contribution in [2.24, 2.45) is 0 Å². The molecule has 146 valence electrons. The van der Waals surface area contributed by atoms with Crippen molar-refractivity contribution in [2.75, 3.05) is 13.2 Å². The lowest BCUT2D eigenvalue weighted by Crippen LogP contribution is -2.07. The standard InChI is InChI=1S/C24H39O2/c1-4-7-9-11-13-15-19-25-23-17-18-24(22(6-3)21-23)26-20-16-14-12-10-8-5-2/h6,18,21H,3-5,7-16,19-20H2,1-2H3/q+1. The van der Waals surface area contributed by atoms with Crippen LogP contribution in [0.1, 0.15) is 90.9 Å². The largest absolute Gasteiger partial charge is 0.486 e. The van der Waals surface area contributed by atoms with E-state index in [0.29, 0.717) is 0 Å². The summed E-state index contributed by atoms with van der Waals surface area (Å²) in [5.41, 5.74) is 4.19. The molecule has 0 radical (unpaired) electrons. The number of rotatable bonds is 16. The fourth-order valence-electron chi connectivity index (χ4n) is 2.97. The molecule has 0 aromatic heterocycles. The van der Waals surface area contributed by atoms with Crippen LogP contribution in [0.15, 0.2) is 41.9 Å². The van der Waals surface area contributed by atoms with Crippen molar-refractivity contribution in [1.29, 1.82) is 0 Å². The SMILES string of the molecule is C=CC1=CC(OCCCCCCCC)=C=CC1=[O+]CCCCCCCC. The highest BCUT2D eigenvalue weighted by Gasteiger charge is 2.17. The number of ether oxygens (including phenoxy) is 1. The molecule has 0 atom stereocenters. The predicted molar refractivity (Wildman–Crippen MR) is 112 cm³/mol. The summed E-state index contributed by atoms with van der Waals surface area (Å²) < 4.78 is 11.7. The zero-order valence-electron chi connectivity index (χ0n) is 17.2. The molecule has 0 fully saturated rings. The van der Waals surface area contributed by atoms with Crippen LogP contribution in [0.25, 0.3) is 0 Å². The maximum absolute atomic E-state index is 5.91. The van der Waals surface area contributed by atoms with E-state index in [4.69, 9.17) is 9.16 Å². The maximum atomic E-state index is 5.91. The first-order valence-corrected chi connectivity index (χ1v) is 10.8. The molecular weight excluding hydrogens is 320 g/mol. The minimum Gasteiger partial charge on any atom is -0.486 e. The van der Waals surface area contributed by atoms with Crippen molar-refractivity contribution >= 4 is 5.78 Å². The summed E-state index contributed by atoms with van der Waals surface area (Å²) in [6.07, 6.45) is 21.0. The Labute approximate surface area is 161 Å². The summed E-state index contributed by atoms with van der Waals surface area (Å²) in [5, 5.41) is 0. The van der Waals surface area contributed by atoms with Gasteiger partial charge in [0.1, 0.15) is 0 Å². The molecule has 0 bridgehead atoms. The topological polar surface area (TPSA) is 20.5 Å². The summed E-state index contributed by atoms with van der Waals surface area (Å²) in [6.45, 7) is 9.92. The summed E-state index contributed by atoms with van der Waals surface area (Å²) in [5.74, 6) is 1.65. The molecule has 1 rings (SSSR count). The lowest BCUT2D eigenvalue weighted by molar-refractivity contribution is -0.456. The van der Waals surface area contributed by atoms with Crippen LogP contribution < -0.4 is 0 Å². The minimum atomic E-state index is 0.761. The molecule has 0 N–H and O–H groups in total. The number of allylic oxidation sites excluding steroid dienone is 3. The molecule has 0 aromatic carbocycles. The van der Waals surface area contributed by atoms with Crippen LogP contribution in [0, 0.1) is 0 Å². The zero-order valence-corrected chi connectivity index (χ0v) is 17.2. The number of ketones is 1. The molecule has 0 aliphatic heterocycles. The van der Waals surface area contributed by atoms with Crippen LogP contribution in [-0.2, 0) is 9.16 Å². The third-order valence-electron chi connectivity index (χ3n) is 4.65. The predicted octanol–water partition coefficient (Wildman–Crippen LogP) is 6.99. The average molecular weight is 360 g/mol. The quantitative estimate of drug-likeness (QED) is 0.165. The van der Waals surface area contributed by atoms with Crippen molar-refractivity contribution in [3.63, 3.8) is 0 Å². The molecule has 0 heterocycles. The van der Waals surface area contributed by atoms with Crippen LogP contribution in [0.5, 0.6) is 0 Å².